The lowest BCUT2D eigenvalue weighted by molar-refractivity contribution is -0.381. The van der Waals surface area contributed by atoms with E-state index in [1.54, 1.807) is 41.5 Å². The molecule has 0 amide bonds. The van der Waals surface area contributed by atoms with E-state index in [1.165, 1.54) is 14.2 Å². The average Bonchev–Trinajstić information content (AvgIpc) is 2.24. The van der Waals surface area contributed by atoms with E-state index in [9.17, 15) is 0 Å². The second-order valence-electron chi connectivity index (χ2n) is 6.09. The third-order valence-electron chi connectivity index (χ3n) is 3.70. The molecule has 0 spiro atoms. The van der Waals surface area contributed by atoms with Gasteiger partial charge in [-0.15, -0.1) is 0 Å². The molecule has 104 valence electrons. The van der Waals surface area contributed by atoms with Gasteiger partial charge in [0.2, 0.25) is 0 Å². The van der Waals surface area contributed by atoms with Crippen LogP contribution >= 0.6 is 0 Å². The highest BCUT2D eigenvalue weighted by Gasteiger charge is 2.67. The van der Waals surface area contributed by atoms with Crippen LogP contribution in [-0.4, -0.2) is 25.9 Å². The highest BCUT2D eigenvalue weighted by molar-refractivity contribution is 5.02. The van der Waals surface area contributed by atoms with Crippen molar-refractivity contribution in [2.45, 2.75) is 59.7 Å². The van der Waals surface area contributed by atoms with Gasteiger partial charge in [-0.1, -0.05) is 41.5 Å². The molecule has 0 N–H and O–H groups in total. The Morgan fingerprint density at radius 3 is 1.35 bits per heavy atom. The van der Waals surface area contributed by atoms with Gasteiger partial charge in [-0.05, 0) is 6.42 Å². The Bertz CT molecular complexity index is 261. The lowest BCUT2D eigenvalue weighted by atomic mass is 9.70. The SMILES string of the molecule is CCC(C)(C)C(F)(OC)C(F)(OC)C(C)(C)C. The van der Waals surface area contributed by atoms with Gasteiger partial charge in [0.05, 0.1) is 0 Å². The predicted molar refractivity (Wildman–Crippen MR) is 65.2 cm³/mol. The molecular formula is C13H26F2O2. The summed E-state index contributed by atoms with van der Waals surface area (Å²) in [7, 11) is 2.35. The van der Waals surface area contributed by atoms with Gasteiger partial charge in [-0.3, -0.25) is 0 Å². The summed E-state index contributed by atoms with van der Waals surface area (Å²) in [5.74, 6) is -5.03. The lowest BCUT2D eigenvalue weighted by Crippen LogP contribution is -2.64. The molecule has 0 aliphatic rings. The second kappa shape index (κ2) is 4.81. The third-order valence-corrected chi connectivity index (χ3v) is 3.70. The first-order valence-corrected chi connectivity index (χ1v) is 5.91. The summed E-state index contributed by atoms with van der Waals surface area (Å²) in [6, 6.07) is 0. The molecule has 0 aromatic carbocycles. The first-order valence-electron chi connectivity index (χ1n) is 5.91. The molecule has 4 heteroatoms. The van der Waals surface area contributed by atoms with Crippen LogP contribution in [0.25, 0.3) is 0 Å². The van der Waals surface area contributed by atoms with Gasteiger partial charge in [0.25, 0.3) is 11.7 Å². The minimum atomic E-state index is -2.52. The number of rotatable bonds is 5. The fraction of sp³-hybridized carbons (Fsp3) is 1.00. The fourth-order valence-corrected chi connectivity index (χ4v) is 1.99. The van der Waals surface area contributed by atoms with Crippen molar-refractivity contribution < 1.29 is 18.3 Å². The minimum absolute atomic E-state index is 0.433. The topological polar surface area (TPSA) is 18.5 Å². The first kappa shape index (κ1) is 16.8. The van der Waals surface area contributed by atoms with Crippen molar-refractivity contribution in [2.75, 3.05) is 14.2 Å². The monoisotopic (exact) mass is 252 g/mol. The van der Waals surface area contributed by atoms with E-state index in [-0.39, 0.29) is 0 Å². The molecule has 0 heterocycles. The van der Waals surface area contributed by atoms with Crippen LogP contribution in [0, 0.1) is 10.8 Å². The van der Waals surface area contributed by atoms with E-state index < -0.39 is 22.5 Å². The van der Waals surface area contributed by atoms with E-state index in [1.807, 2.05) is 0 Å². The second-order valence-corrected chi connectivity index (χ2v) is 6.09. The molecule has 0 aromatic heterocycles. The van der Waals surface area contributed by atoms with Crippen molar-refractivity contribution in [1.29, 1.82) is 0 Å². The number of alkyl halides is 2. The quantitative estimate of drug-likeness (QED) is 0.733. The van der Waals surface area contributed by atoms with Gasteiger partial charge >= 0.3 is 0 Å². The Labute approximate surface area is 104 Å². The van der Waals surface area contributed by atoms with Crippen molar-refractivity contribution in [3.8, 4) is 0 Å². The zero-order valence-electron chi connectivity index (χ0n) is 12.3. The molecule has 17 heavy (non-hydrogen) atoms. The van der Waals surface area contributed by atoms with E-state index in [0.29, 0.717) is 6.42 Å². The number of hydrogen-bond acceptors (Lipinski definition) is 2. The van der Waals surface area contributed by atoms with Crippen LogP contribution in [0.4, 0.5) is 8.78 Å². The molecule has 2 unspecified atom stereocenters. The Morgan fingerprint density at radius 2 is 1.18 bits per heavy atom. The summed E-state index contributed by atoms with van der Waals surface area (Å²) in [6.07, 6.45) is 0.433. The van der Waals surface area contributed by atoms with Crippen LogP contribution in [0.5, 0.6) is 0 Å². The first-order chi connectivity index (χ1) is 7.43. The molecule has 2 nitrogen and oxygen atoms in total. The smallest absolute Gasteiger partial charge is 0.273 e. The van der Waals surface area contributed by atoms with Crippen LogP contribution in [0.15, 0.2) is 0 Å². The van der Waals surface area contributed by atoms with Crippen LogP contribution in [0.1, 0.15) is 48.0 Å². The largest absolute Gasteiger partial charge is 0.344 e. The highest BCUT2D eigenvalue weighted by Crippen LogP contribution is 2.54. The van der Waals surface area contributed by atoms with Gasteiger partial charge in [-0.25, -0.2) is 8.78 Å². The molecule has 0 fully saturated rings. The summed E-state index contributed by atoms with van der Waals surface area (Å²) < 4.78 is 39.9. The number of ether oxygens (including phenoxy) is 2. The third kappa shape index (κ3) is 2.34. The van der Waals surface area contributed by atoms with Gasteiger partial charge in [-0.2, -0.15) is 0 Å². The average molecular weight is 252 g/mol. The molecule has 0 aliphatic carbocycles. The summed E-state index contributed by atoms with van der Waals surface area (Å²) in [5.41, 5.74) is -2.04. The molecule has 0 saturated carbocycles. The zero-order valence-corrected chi connectivity index (χ0v) is 12.3. The lowest BCUT2D eigenvalue weighted by Gasteiger charge is -2.51. The highest BCUT2D eigenvalue weighted by atomic mass is 19.2. The van der Waals surface area contributed by atoms with Crippen molar-refractivity contribution in [3.05, 3.63) is 0 Å². The van der Waals surface area contributed by atoms with E-state index in [4.69, 9.17) is 9.47 Å². The van der Waals surface area contributed by atoms with E-state index in [0.717, 1.165) is 0 Å². The van der Waals surface area contributed by atoms with Crippen LogP contribution in [0.2, 0.25) is 0 Å². The van der Waals surface area contributed by atoms with Gasteiger partial charge in [0.15, 0.2) is 0 Å². The molecule has 0 aromatic rings. The standard InChI is InChI=1S/C13H26F2O2/c1-9-11(5,6)13(15,17-8)12(14,16-7)10(2,3)4/h9H2,1-8H3. The van der Waals surface area contributed by atoms with E-state index in [2.05, 4.69) is 0 Å². The minimum Gasteiger partial charge on any atom is -0.344 e. The Hall–Kier alpha value is -0.220. The zero-order chi connectivity index (χ0) is 14.1. The summed E-state index contributed by atoms with van der Waals surface area (Å²) in [6.45, 7) is 9.85. The molecule has 0 aliphatic heterocycles. The summed E-state index contributed by atoms with van der Waals surface area (Å²) >= 11 is 0. The summed E-state index contributed by atoms with van der Waals surface area (Å²) in [4.78, 5) is 0. The van der Waals surface area contributed by atoms with Crippen LogP contribution in [-0.2, 0) is 9.47 Å². The maximum atomic E-state index is 15.1. The Kier molecular flexibility index (Phi) is 4.74. The molecule has 0 radical (unpaired) electrons. The predicted octanol–water partition coefficient (Wildman–Crippen LogP) is 4.09. The van der Waals surface area contributed by atoms with Crippen molar-refractivity contribution in [2.24, 2.45) is 10.8 Å². The van der Waals surface area contributed by atoms with Crippen LogP contribution in [0.3, 0.4) is 0 Å². The summed E-state index contributed by atoms with van der Waals surface area (Å²) in [5, 5.41) is 0. The van der Waals surface area contributed by atoms with Gasteiger partial charge in [0.1, 0.15) is 0 Å². The Balaban J connectivity index is 5.80. The van der Waals surface area contributed by atoms with Crippen molar-refractivity contribution >= 4 is 0 Å². The molecule has 2 atom stereocenters. The van der Waals surface area contributed by atoms with Crippen molar-refractivity contribution in [1.82, 2.24) is 0 Å². The maximum Gasteiger partial charge on any atom is 0.273 e. The van der Waals surface area contributed by atoms with E-state index >= 15 is 8.78 Å². The number of methoxy groups -OCH3 is 2. The maximum absolute atomic E-state index is 15.1. The molecule has 0 bridgehead atoms. The molecular weight excluding hydrogens is 226 g/mol. The number of hydrogen-bond donors (Lipinski definition) is 0. The fourth-order valence-electron chi connectivity index (χ4n) is 1.99. The molecule has 0 rings (SSSR count). The Morgan fingerprint density at radius 1 is 0.824 bits per heavy atom. The number of halogens is 2. The normalized spacial score (nSPS) is 20.8. The van der Waals surface area contributed by atoms with Gasteiger partial charge < -0.3 is 9.47 Å². The molecule has 0 saturated heterocycles. The van der Waals surface area contributed by atoms with Crippen molar-refractivity contribution in [3.63, 3.8) is 0 Å². The van der Waals surface area contributed by atoms with Crippen LogP contribution < -0.4 is 0 Å². The van der Waals surface area contributed by atoms with Gasteiger partial charge in [0, 0.05) is 25.0 Å².